The van der Waals surface area contributed by atoms with Crippen molar-refractivity contribution in [3.8, 4) is 33.6 Å². The Kier molecular flexibility index (Phi) is 10.8. The summed E-state index contributed by atoms with van der Waals surface area (Å²) in [4.78, 5) is 4.67. The van der Waals surface area contributed by atoms with Crippen LogP contribution in [0.15, 0.2) is 303 Å². The zero-order chi connectivity index (χ0) is 51.5. The number of aromatic nitrogens is 2. The van der Waals surface area contributed by atoms with Gasteiger partial charge in [0.05, 0.1) is 22.1 Å². The lowest BCUT2D eigenvalue weighted by atomic mass is 9.86. The van der Waals surface area contributed by atoms with Gasteiger partial charge in [0, 0.05) is 67.0 Å². The van der Waals surface area contributed by atoms with Crippen LogP contribution in [-0.2, 0) is 0 Å². The molecule has 0 radical (unpaired) electrons. The lowest BCUT2D eigenvalue weighted by molar-refractivity contribution is 1.18. The topological polar surface area (TPSA) is 16.3 Å². The smallest absolute Gasteiger partial charge is 0.0542 e. The van der Waals surface area contributed by atoms with Crippen LogP contribution >= 0.6 is 0 Å². The average molecular weight is 995 g/mol. The summed E-state index contributed by atoms with van der Waals surface area (Å²) < 4.78 is 4.83. The molecule has 0 fully saturated rings. The second kappa shape index (κ2) is 18.7. The van der Waals surface area contributed by atoms with Gasteiger partial charge in [0.15, 0.2) is 0 Å². The third-order valence-electron chi connectivity index (χ3n) is 15.6. The standard InChI is InChI=1S/C74H50N4/c1-5-21-53(22-6-1)75(54-23-7-2-8-24-54)59-45-47-71-67(49-59)61-29-17-19-35-69(61)77(71)57-41-37-51(38-42-57)73-63-31-13-15-33-65(63)74(66-34-16-14-32-64(66)73)52-39-43-58(44-40-52)78-70-36-20-18-30-62(70)68-50-60(46-48-72(68)78)76(55-25-9-3-10-26-55)56-27-11-4-12-28-56/h1-50H. The number of para-hydroxylation sites is 6. The van der Waals surface area contributed by atoms with Crippen molar-refractivity contribution < 1.29 is 0 Å². The quantitative estimate of drug-likeness (QED) is 0.127. The van der Waals surface area contributed by atoms with Gasteiger partial charge in [-0.2, -0.15) is 0 Å². The maximum Gasteiger partial charge on any atom is 0.0542 e. The minimum atomic E-state index is 1.11. The Hall–Kier alpha value is -10.4. The summed E-state index contributed by atoms with van der Waals surface area (Å²) in [6.07, 6.45) is 0. The van der Waals surface area contributed by atoms with Gasteiger partial charge < -0.3 is 18.9 Å². The molecule has 4 nitrogen and oxygen atoms in total. The van der Waals surface area contributed by atoms with Crippen molar-refractivity contribution in [2.24, 2.45) is 0 Å². The first-order valence-corrected chi connectivity index (χ1v) is 26.8. The first-order valence-electron chi connectivity index (χ1n) is 26.8. The molecule has 0 aliphatic rings. The molecule has 0 aliphatic heterocycles. The van der Waals surface area contributed by atoms with Gasteiger partial charge in [0.2, 0.25) is 0 Å². The van der Waals surface area contributed by atoms with E-state index >= 15 is 0 Å². The van der Waals surface area contributed by atoms with E-state index in [4.69, 9.17) is 0 Å². The molecule has 366 valence electrons. The number of benzene rings is 13. The van der Waals surface area contributed by atoms with E-state index in [0.717, 1.165) is 45.5 Å². The van der Waals surface area contributed by atoms with Crippen molar-refractivity contribution in [3.63, 3.8) is 0 Å². The van der Waals surface area contributed by atoms with E-state index in [1.54, 1.807) is 0 Å². The lowest BCUT2D eigenvalue weighted by Crippen LogP contribution is -2.09. The van der Waals surface area contributed by atoms with Gasteiger partial charge in [0.25, 0.3) is 0 Å². The van der Waals surface area contributed by atoms with Gasteiger partial charge in [-0.3, -0.25) is 0 Å². The van der Waals surface area contributed by atoms with Crippen molar-refractivity contribution >= 4 is 99.3 Å². The SMILES string of the molecule is c1ccc(N(c2ccccc2)c2ccc3c(c2)c2ccccc2n3-c2ccc(-c3c4ccccc4c(-c4ccc(-n5c6ccccc6c6cc(N(c7ccccc7)c7ccccc7)ccc65)cc4)c4ccccc34)cc2)cc1. The molecule has 0 spiro atoms. The van der Waals surface area contributed by atoms with Crippen LogP contribution in [0.1, 0.15) is 0 Å². The molecule has 0 aliphatic carbocycles. The highest BCUT2D eigenvalue weighted by atomic mass is 15.1. The molecule has 0 N–H and O–H groups in total. The van der Waals surface area contributed by atoms with Gasteiger partial charge in [-0.05, 0) is 165 Å². The van der Waals surface area contributed by atoms with E-state index < -0.39 is 0 Å². The average Bonchev–Trinajstić information content (AvgIpc) is 4.22. The zero-order valence-electron chi connectivity index (χ0n) is 42.7. The van der Waals surface area contributed by atoms with Gasteiger partial charge in [-0.25, -0.2) is 0 Å². The summed E-state index contributed by atoms with van der Waals surface area (Å²) >= 11 is 0. The van der Waals surface area contributed by atoms with Gasteiger partial charge in [0.1, 0.15) is 0 Å². The van der Waals surface area contributed by atoms with Crippen molar-refractivity contribution in [2.75, 3.05) is 9.80 Å². The molecule has 2 aromatic heterocycles. The molecule has 15 aromatic rings. The molecule has 0 bridgehead atoms. The molecule has 0 saturated carbocycles. The Labute approximate surface area is 452 Å². The van der Waals surface area contributed by atoms with Crippen molar-refractivity contribution in [1.29, 1.82) is 0 Å². The molecule has 13 aromatic carbocycles. The number of nitrogens with zero attached hydrogens (tertiary/aromatic N) is 4. The molecule has 4 heteroatoms. The van der Waals surface area contributed by atoms with Crippen LogP contribution in [0.3, 0.4) is 0 Å². The normalized spacial score (nSPS) is 11.6. The highest BCUT2D eigenvalue weighted by Crippen LogP contribution is 2.46. The van der Waals surface area contributed by atoms with Gasteiger partial charge >= 0.3 is 0 Å². The number of fused-ring (bicyclic) bond motifs is 8. The highest BCUT2D eigenvalue weighted by Gasteiger charge is 2.22. The molecule has 78 heavy (non-hydrogen) atoms. The van der Waals surface area contributed by atoms with Gasteiger partial charge in [-0.1, -0.05) is 182 Å². The summed E-state index contributed by atoms with van der Waals surface area (Å²) in [7, 11) is 0. The third-order valence-corrected chi connectivity index (χ3v) is 15.6. The first kappa shape index (κ1) is 45.0. The number of rotatable bonds is 10. The van der Waals surface area contributed by atoms with Crippen LogP contribution in [0.4, 0.5) is 34.1 Å². The minimum absolute atomic E-state index is 1.11. The lowest BCUT2D eigenvalue weighted by Gasteiger charge is -2.25. The fourth-order valence-electron chi connectivity index (χ4n) is 12.3. The van der Waals surface area contributed by atoms with E-state index in [2.05, 4.69) is 322 Å². The van der Waals surface area contributed by atoms with Gasteiger partial charge in [-0.15, -0.1) is 0 Å². The van der Waals surface area contributed by atoms with Crippen LogP contribution < -0.4 is 9.80 Å². The van der Waals surface area contributed by atoms with Crippen LogP contribution in [-0.4, -0.2) is 9.13 Å². The second-order valence-electron chi connectivity index (χ2n) is 20.1. The maximum atomic E-state index is 2.42. The highest BCUT2D eigenvalue weighted by molar-refractivity contribution is 6.21. The molecular formula is C74H50N4. The van der Waals surface area contributed by atoms with Crippen molar-refractivity contribution in [2.45, 2.75) is 0 Å². The molecule has 0 unspecified atom stereocenters. The Bertz CT molecular complexity index is 4260. The zero-order valence-corrected chi connectivity index (χ0v) is 42.7. The predicted molar refractivity (Wildman–Crippen MR) is 330 cm³/mol. The van der Waals surface area contributed by atoms with E-state index in [9.17, 15) is 0 Å². The first-order chi connectivity index (χ1) is 38.7. The van der Waals surface area contributed by atoms with Crippen LogP contribution in [0.2, 0.25) is 0 Å². The Morgan fingerprint density at radius 2 is 0.462 bits per heavy atom. The summed E-state index contributed by atoms with van der Waals surface area (Å²) in [6.45, 7) is 0. The number of anilines is 6. The maximum absolute atomic E-state index is 2.42. The fraction of sp³-hybridized carbons (Fsp3) is 0. The molecular weight excluding hydrogens is 945 g/mol. The largest absolute Gasteiger partial charge is 0.310 e. The van der Waals surface area contributed by atoms with E-state index in [-0.39, 0.29) is 0 Å². The van der Waals surface area contributed by atoms with E-state index in [1.807, 2.05) is 0 Å². The Morgan fingerprint density at radius 3 is 0.782 bits per heavy atom. The van der Waals surface area contributed by atoms with Crippen LogP contribution in [0.5, 0.6) is 0 Å². The molecule has 15 rings (SSSR count). The molecule has 0 saturated heterocycles. The Morgan fingerprint density at radius 1 is 0.192 bits per heavy atom. The predicted octanol–water partition coefficient (Wildman–Crippen LogP) is 20.5. The summed E-state index contributed by atoms with van der Waals surface area (Å²) in [5, 5.41) is 9.78. The molecule has 0 atom stereocenters. The fourth-order valence-corrected chi connectivity index (χ4v) is 12.3. The third kappa shape index (κ3) is 7.45. The van der Waals surface area contributed by atoms with E-state index in [1.165, 1.54) is 87.4 Å². The van der Waals surface area contributed by atoms with Crippen molar-refractivity contribution in [3.05, 3.63) is 303 Å². The minimum Gasteiger partial charge on any atom is -0.310 e. The van der Waals surface area contributed by atoms with E-state index in [0.29, 0.717) is 0 Å². The number of hydrogen-bond acceptors (Lipinski definition) is 2. The Balaban J connectivity index is 0.812. The van der Waals surface area contributed by atoms with Crippen molar-refractivity contribution in [1.82, 2.24) is 9.13 Å². The summed E-state index contributed by atoms with van der Waals surface area (Å²) in [5.74, 6) is 0. The summed E-state index contributed by atoms with van der Waals surface area (Å²) in [5.41, 5.74) is 18.5. The monoisotopic (exact) mass is 994 g/mol. The molecule has 2 heterocycles. The van der Waals surface area contributed by atoms with Crippen LogP contribution in [0, 0.1) is 0 Å². The van der Waals surface area contributed by atoms with Crippen LogP contribution in [0.25, 0.3) is 98.8 Å². The molecule has 0 amide bonds. The second-order valence-corrected chi connectivity index (χ2v) is 20.1. The number of hydrogen-bond donors (Lipinski definition) is 0. The summed E-state index contributed by atoms with van der Waals surface area (Å²) in [6, 6.07) is 110.